The first kappa shape index (κ1) is 29.7. The molecule has 0 unspecified atom stereocenters. The average molecular weight is 600 g/mol. The number of alkyl halides is 6. The highest BCUT2D eigenvalue weighted by molar-refractivity contribution is 7.88. The Kier molecular flexibility index (Phi) is 7.65. The SMILES string of the molecule is CC(C)[Si](c1ccccc1OS(=O)(=O)C(F)(F)F)(c1cc2ccccc2n1-c1ccc(C(F)(F)F)cc1)C(C)C. The number of aromatic nitrogens is 1. The summed E-state index contributed by atoms with van der Waals surface area (Å²) in [6.07, 6.45) is -4.53. The minimum Gasteiger partial charge on any atom is -0.376 e. The van der Waals surface area contributed by atoms with Gasteiger partial charge in [-0.15, -0.1) is 0 Å². The number of rotatable bonds is 7. The molecule has 0 fully saturated rings. The maximum Gasteiger partial charge on any atom is 0.534 e. The molecule has 0 spiro atoms. The van der Waals surface area contributed by atoms with Gasteiger partial charge in [0, 0.05) is 11.0 Å². The van der Waals surface area contributed by atoms with Crippen molar-refractivity contribution in [2.24, 2.45) is 0 Å². The van der Waals surface area contributed by atoms with Gasteiger partial charge in [0.2, 0.25) is 0 Å². The van der Waals surface area contributed by atoms with Crippen LogP contribution in [0.4, 0.5) is 26.3 Å². The summed E-state index contributed by atoms with van der Waals surface area (Å²) in [6.45, 7) is 7.65. The van der Waals surface area contributed by atoms with Crippen LogP contribution in [0.1, 0.15) is 33.3 Å². The first-order valence-electron chi connectivity index (χ1n) is 12.4. The van der Waals surface area contributed by atoms with Crippen molar-refractivity contribution < 1.29 is 38.9 Å². The predicted octanol–water partition coefficient (Wildman–Crippen LogP) is 7.26. The Morgan fingerprint density at radius 1 is 0.775 bits per heavy atom. The second-order valence-electron chi connectivity index (χ2n) is 10.1. The third-order valence-electron chi connectivity index (χ3n) is 7.22. The summed E-state index contributed by atoms with van der Waals surface area (Å²) in [5, 5.41) is 1.81. The van der Waals surface area contributed by atoms with E-state index in [9.17, 15) is 34.8 Å². The second-order valence-corrected chi connectivity index (χ2v) is 16.8. The molecular weight excluding hydrogens is 572 g/mol. The Morgan fingerprint density at radius 2 is 1.32 bits per heavy atom. The van der Waals surface area contributed by atoms with Crippen LogP contribution < -0.4 is 14.7 Å². The van der Waals surface area contributed by atoms with E-state index in [4.69, 9.17) is 4.18 Å². The van der Waals surface area contributed by atoms with Crippen LogP contribution in [0.2, 0.25) is 11.1 Å². The molecule has 0 saturated carbocycles. The maximum atomic E-state index is 13.3. The smallest absolute Gasteiger partial charge is 0.376 e. The summed E-state index contributed by atoms with van der Waals surface area (Å²) in [5.41, 5.74) is -5.73. The van der Waals surface area contributed by atoms with Gasteiger partial charge < -0.3 is 8.75 Å². The summed E-state index contributed by atoms with van der Waals surface area (Å²) >= 11 is 0. The summed E-state index contributed by atoms with van der Waals surface area (Å²) < 4.78 is 111. The van der Waals surface area contributed by atoms with Crippen molar-refractivity contribution in [2.75, 3.05) is 0 Å². The molecule has 4 rings (SSSR count). The fourth-order valence-electron chi connectivity index (χ4n) is 5.60. The molecule has 0 amide bonds. The molecule has 0 atom stereocenters. The van der Waals surface area contributed by atoms with Crippen LogP contribution in [-0.4, -0.2) is 26.6 Å². The van der Waals surface area contributed by atoms with E-state index in [0.29, 0.717) is 21.7 Å². The predicted molar refractivity (Wildman–Crippen MR) is 146 cm³/mol. The van der Waals surface area contributed by atoms with Gasteiger partial charge in [-0.3, -0.25) is 0 Å². The molecule has 1 aromatic heterocycles. The lowest BCUT2D eigenvalue weighted by molar-refractivity contribution is -0.137. The van der Waals surface area contributed by atoms with Crippen molar-refractivity contribution >= 4 is 39.6 Å². The van der Waals surface area contributed by atoms with Crippen LogP contribution in [0.25, 0.3) is 16.6 Å². The van der Waals surface area contributed by atoms with Gasteiger partial charge in [0.05, 0.1) is 11.1 Å². The van der Waals surface area contributed by atoms with E-state index in [-0.39, 0.29) is 11.1 Å². The van der Waals surface area contributed by atoms with Gasteiger partial charge in [0.1, 0.15) is 13.8 Å². The number of hydrogen-bond acceptors (Lipinski definition) is 3. The lowest BCUT2D eigenvalue weighted by atomic mass is 10.2. The molecule has 3 aromatic carbocycles. The van der Waals surface area contributed by atoms with Gasteiger partial charge in [0.15, 0.2) is 0 Å². The molecule has 0 bridgehead atoms. The van der Waals surface area contributed by atoms with Crippen molar-refractivity contribution in [2.45, 2.75) is 50.5 Å². The first-order valence-corrected chi connectivity index (χ1v) is 16.0. The molecule has 0 radical (unpaired) electrons. The molecule has 0 aliphatic heterocycles. The van der Waals surface area contributed by atoms with E-state index in [2.05, 4.69) is 0 Å². The van der Waals surface area contributed by atoms with Gasteiger partial charge in [-0.1, -0.05) is 64.1 Å². The van der Waals surface area contributed by atoms with Crippen LogP contribution in [0.3, 0.4) is 0 Å². The van der Waals surface area contributed by atoms with Gasteiger partial charge in [-0.25, -0.2) is 0 Å². The largest absolute Gasteiger partial charge is 0.534 e. The summed E-state index contributed by atoms with van der Waals surface area (Å²) in [5.74, 6) is -0.418. The van der Waals surface area contributed by atoms with Crippen LogP contribution in [0.5, 0.6) is 5.75 Å². The Balaban J connectivity index is 2.08. The van der Waals surface area contributed by atoms with E-state index in [1.807, 2.05) is 56.5 Å². The fourth-order valence-corrected chi connectivity index (χ4v) is 12.1. The molecule has 214 valence electrons. The molecule has 0 saturated heterocycles. The van der Waals surface area contributed by atoms with Crippen molar-refractivity contribution in [3.8, 4) is 11.4 Å². The first-order chi connectivity index (χ1) is 18.5. The molecule has 1 heterocycles. The van der Waals surface area contributed by atoms with Crippen LogP contribution in [0, 0.1) is 0 Å². The molecule has 12 heteroatoms. The zero-order chi connectivity index (χ0) is 29.7. The average Bonchev–Trinajstić information content (AvgIpc) is 3.23. The zero-order valence-corrected chi connectivity index (χ0v) is 23.8. The molecule has 4 nitrogen and oxygen atoms in total. The summed E-state index contributed by atoms with van der Waals surface area (Å²) in [7, 11) is -9.25. The van der Waals surface area contributed by atoms with Crippen molar-refractivity contribution in [3.05, 3.63) is 84.4 Å². The Labute approximate surface area is 229 Å². The number of hydrogen-bond donors (Lipinski definition) is 0. The van der Waals surface area contributed by atoms with Crippen LogP contribution in [0.15, 0.2) is 78.9 Å². The van der Waals surface area contributed by atoms with Gasteiger partial charge in [0.25, 0.3) is 0 Å². The Bertz CT molecular complexity index is 1620. The van der Waals surface area contributed by atoms with E-state index in [0.717, 1.165) is 17.5 Å². The normalized spacial score (nSPS) is 13.4. The van der Waals surface area contributed by atoms with Gasteiger partial charge in [-0.2, -0.15) is 34.8 Å². The highest BCUT2D eigenvalue weighted by Gasteiger charge is 2.52. The van der Waals surface area contributed by atoms with Crippen LogP contribution >= 0.6 is 0 Å². The van der Waals surface area contributed by atoms with E-state index < -0.39 is 41.2 Å². The van der Waals surface area contributed by atoms with Gasteiger partial charge in [-0.05, 0) is 64.1 Å². The van der Waals surface area contributed by atoms with E-state index in [1.165, 1.54) is 24.3 Å². The second kappa shape index (κ2) is 10.3. The molecule has 0 aliphatic carbocycles. The summed E-state index contributed by atoms with van der Waals surface area (Å²) in [4.78, 5) is 0. The number of para-hydroxylation sites is 2. The van der Waals surface area contributed by atoms with Gasteiger partial charge >= 0.3 is 21.8 Å². The lowest BCUT2D eigenvalue weighted by Crippen LogP contribution is -2.65. The molecule has 40 heavy (non-hydrogen) atoms. The van der Waals surface area contributed by atoms with Crippen molar-refractivity contribution in [3.63, 3.8) is 0 Å². The third-order valence-corrected chi connectivity index (χ3v) is 14.4. The quantitative estimate of drug-likeness (QED) is 0.0973. The molecule has 0 N–H and O–H groups in total. The minimum absolute atomic E-state index is 0.205. The zero-order valence-electron chi connectivity index (χ0n) is 22.0. The maximum absolute atomic E-state index is 13.3. The molecule has 0 aliphatic rings. The van der Waals surface area contributed by atoms with Crippen molar-refractivity contribution in [1.29, 1.82) is 0 Å². The standard InChI is InChI=1S/C28H27F6NO3SSi/c1-18(2)40(19(3)4,25-12-8-7-11-24(25)38-39(36,37)28(32,33)34)26-17-20-9-5-6-10-23(20)35(26)22-15-13-21(14-16-22)27(29,30)31/h5-19H,1-4H3. The molecule has 4 aromatic rings. The monoisotopic (exact) mass is 599 g/mol. The highest BCUT2D eigenvalue weighted by atomic mass is 32.2. The van der Waals surface area contributed by atoms with E-state index >= 15 is 0 Å². The fraction of sp³-hybridized carbons (Fsp3) is 0.286. The highest BCUT2D eigenvalue weighted by Crippen LogP contribution is 2.38. The number of benzene rings is 3. The Hall–Kier alpha value is -3.25. The third kappa shape index (κ3) is 5.02. The lowest BCUT2D eigenvalue weighted by Gasteiger charge is -2.41. The number of halogens is 6. The molecular formula is C28H27F6NO3SSi. The number of fused-ring (bicyclic) bond motifs is 1. The van der Waals surface area contributed by atoms with Crippen LogP contribution in [-0.2, 0) is 16.3 Å². The topological polar surface area (TPSA) is 48.3 Å². The summed E-state index contributed by atoms with van der Waals surface area (Å²) in [6, 6.07) is 19.6. The Morgan fingerprint density at radius 3 is 1.88 bits per heavy atom. The van der Waals surface area contributed by atoms with Crippen molar-refractivity contribution in [1.82, 2.24) is 4.57 Å². The number of nitrogens with zero attached hydrogens (tertiary/aromatic N) is 1. The minimum atomic E-state index is -5.96. The van der Waals surface area contributed by atoms with E-state index in [1.54, 1.807) is 18.2 Å².